The van der Waals surface area contributed by atoms with Crippen molar-refractivity contribution in [2.75, 3.05) is 20.2 Å². The topological polar surface area (TPSA) is 38.3 Å². The normalized spacial score (nSPS) is 18.0. The minimum absolute atomic E-state index is 0.195. The van der Waals surface area contributed by atoms with Crippen molar-refractivity contribution in [1.82, 2.24) is 5.32 Å². The molecule has 0 aromatic heterocycles. The predicted molar refractivity (Wildman–Crippen MR) is 58.3 cm³/mol. The Bertz CT molecular complexity index is 383. The van der Waals surface area contributed by atoms with E-state index < -0.39 is 0 Å². The highest BCUT2D eigenvalue weighted by atomic mass is 16.5. The van der Waals surface area contributed by atoms with Gasteiger partial charge in [-0.25, -0.2) is 0 Å². The molecule has 1 aromatic rings. The van der Waals surface area contributed by atoms with Gasteiger partial charge in [0.1, 0.15) is 5.75 Å². The maximum Gasteiger partial charge on any atom is 0.171 e. The van der Waals surface area contributed by atoms with Crippen molar-refractivity contribution >= 4 is 5.78 Å². The number of Topliss-reactive ketones (excluding diaryl/α,β-unsaturated/α-hetero) is 1. The average molecular weight is 205 g/mol. The van der Waals surface area contributed by atoms with Crippen molar-refractivity contribution in [3.05, 3.63) is 29.8 Å². The Balaban J connectivity index is 2.25. The van der Waals surface area contributed by atoms with Crippen molar-refractivity contribution in [3.8, 4) is 5.75 Å². The van der Waals surface area contributed by atoms with E-state index in [1.165, 1.54) is 0 Å². The van der Waals surface area contributed by atoms with Gasteiger partial charge in [0, 0.05) is 18.7 Å². The van der Waals surface area contributed by atoms with E-state index in [4.69, 9.17) is 4.74 Å². The number of ketones is 1. The zero-order chi connectivity index (χ0) is 10.9. The van der Waals surface area contributed by atoms with Gasteiger partial charge in [-0.3, -0.25) is 4.79 Å². The van der Waals surface area contributed by atoms with Crippen molar-refractivity contribution in [2.24, 2.45) is 5.41 Å². The van der Waals surface area contributed by atoms with Crippen molar-refractivity contribution in [2.45, 2.75) is 6.92 Å². The lowest BCUT2D eigenvalue weighted by Crippen LogP contribution is -2.56. The van der Waals surface area contributed by atoms with Gasteiger partial charge in [0.15, 0.2) is 5.78 Å². The van der Waals surface area contributed by atoms with E-state index in [1.54, 1.807) is 13.2 Å². The third-order valence-corrected chi connectivity index (χ3v) is 2.91. The Morgan fingerprint density at radius 3 is 2.73 bits per heavy atom. The van der Waals surface area contributed by atoms with Gasteiger partial charge < -0.3 is 10.1 Å². The Hall–Kier alpha value is -1.35. The summed E-state index contributed by atoms with van der Waals surface area (Å²) in [7, 11) is 1.61. The van der Waals surface area contributed by atoms with Crippen LogP contribution >= 0.6 is 0 Å². The van der Waals surface area contributed by atoms with E-state index in [0.29, 0.717) is 0 Å². The summed E-state index contributed by atoms with van der Waals surface area (Å²) in [5.74, 6) is 0.928. The van der Waals surface area contributed by atoms with E-state index in [-0.39, 0.29) is 11.2 Å². The molecule has 3 nitrogen and oxygen atoms in total. The molecular formula is C12H15NO2. The van der Waals surface area contributed by atoms with E-state index >= 15 is 0 Å². The quantitative estimate of drug-likeness (QED) is 0.760. The maximum atomic E-state index is 12.1. The first-order valence-electron chi connectivity index (χ1n) is 5.05. The Morgan fingerprint density at radius 1 is 1.47 bits per heavy atom. The van der Waals surface area contributed by atoms with E-state index in [9.17, 15) is 4.79 Å². The van der Waals surface area contributed by atoms with Crippen molar-refractivity contribution in [3.63, 3.8) is 0 Å². The molecule has 0 bridgehead atoms. The van der Waals surface area contributed by atoms with Crippen LogP contribution in [0.1, 0.15) is 17.3 Å². The number of rotatable bonds is 3. The molecular weight excluding hydrogens is 190 g/mol. The first kappa shape index (κ1) is 10.2. The summed E-state index contributed by atoms with van der Waals surface area (Å²) in [5.41, 5.74) is 0.505. The predicted octanol–water partition coefficient (Wildman–Crippen LogP) is 1.49. The standard InChI is InChI=1S/C12H15NO2/c1-12(7-13-8-12)11(14)9-4-3-5-10(6-9)15-2/h3-6,13H,7-8H2,1-2H3. The molecule has 0 amide bonds. The molecule has 15 heavy (non-hydrogen) atoms. The summed E-state index contributed by atoms with van der Waals surface area (Å²) in [4.78, 5) is 12.1. The lowest BCUT2D eigenvalue weighted by Gasteiger charge is -2.37. The fraction of sp³-hybridized carbons (Fsp3) is 0.417. The second-order valence-electron chi connectivity index (χ2n) is 4.23. The number of carbonyl (C=O) groups is 1. The summed E-state index contributed by atoms with van der Waals surface area (Å²) < 4.78 is 5.10. The summed E-state index contributed by atoms with van der Waals surface area (Å²) in [6.45, 7) is 3.53. The molecule has 0 saturated carbocycles. The van der Waals surface area contributed by atoms with Gasteiger partial charge >= 0.3 is 0 Å². The summed E-state index contributed by atoms with van der Waals surface area (Å²) in [6.07, 6.45) is 0. The molecule has 0 aliphatic carbocycles. The third-order valence-electron chi connectivity index (χ3n) is 2.91. The number of hydrogen-bond acceptors (Lipinski definition) is 3. The number of ether oxygens (including phenoxy) is 1. The van der Waals surface area contributed by atoms with Gasteiger partial charge in [-0.05, 0) is 19.1 Å². The monoisotopic (exact) mass is 205 g/mol. The molecule has 1 aliphatic heterocycles. The molecule has 3 heteroatoms. The highest BCUT2D eigenvalue weighted by Crippen LogP contribution is 2.27. The molecule has 1 heterocycles. The summed E-state index contributed by atoms with van der Waals surface area (Å²) >= 11 is 0. The fourth-order valence-electron chi connectivity index (χ4n) is 1.77. The lowest BCUT2D eigenvalue weighted by molar-refractivity contribution is 0.0721. The van der Waals surface area contributed by atoms with Gasteiger partial charge in [0.05, 0.1) is 12.5 Å². The van der Waals surface area contributed by atoms with E-state index in [0.717, 1.165) is 24.4 Å². The highest BCUT2D eigenvalue weighted by molar-refractivity contribution is 6.01. The molecule has 1 aromatic carbocycles. The van der Waals surface area contributed by atoms with Crippen LogP contribution in [-0.2, 0) is 0 Å². The van der Waals surface area contributed by atoms with Crippen LogP contribution in [0.15, 0.2) is 24.3 Å². The summed E-state index contributed by atoms with van der Waals surface area (Å²) in [6, 6.07) is 7.33. The molecule has 0 unspecified atom stereocenters. The van der Waals surface area contributed by atoms with Crippen LogP contribution in [-0.4, -0.2) is 26.0 Å². The molecule has 80 valence electrons. The van der Waals surface area contributed by atoms with Crippen LogP contribution < -0.4 is 10.1 Å². The largest absolute Gasteiger partial charge is 0.497 e. The highest BCUT2D eigenvalue weighted by Gasteiger charge is 2.39. The number of methoxy groups -OCH3 is 1. The molecule has 1 saturated heterocycles. The second-order valence-corrected chi connectivity index (χ2v) is 4.23. The minimum Gasteiger partial charge on any atom is -0.497 e. The second kappa shape index (κ2) is 3.66. The van der Waals surface area contributed by atoms with Gasteiger partial charge in [0.2, 0.25) is 0 Å². The van der Waals surface area contributed by atoms with Crippen LogP contribution in [0.4, 0.5) is 0 Å². The maximum absolute atomic E-state index is 12.1. The first-order valence-corrected chi connectivity index (χ1v) is 5.05. The van der Waals surface area contributed by atoms with E-state index in [1.807, 2.05) is 25.1 Å². The van der Waals surface area contributed by atoms with Crippen molar-refractivity contribution in [1.29, 1.82) is 0 Å². The van der Waals surface area contributed by atoms with E-state index in [2.05, 4.69) is 5.32 Å². The molecule has 0 radical (unpaired) electrons. The molecule has 0 spiro atoms. The molecule has 0 atom stereocenters. The minimum atomic E-state index is -0.230. The zero-order valence-corrected chi connectivity index (χ0v) is 9.04. The lowest BCUT2D eigenvalue weighted by atomic mass is 9.77. The third kappa shape index (κ3) is 1.75. The summed E-state index contributed by atoms with van der Waals surface area (Å²) in [5, 5.41) is 3.13. The van der Waals surface area contributed by atoms with Gasteiger partial charge in [-0.1, -0.05) is 12.1 Å². The molecule has 1 fully saturated rings. The van der Waals surface area contributed by atoms with Crippen molar-refractivity contribution < 1.29 is 9.53 Å². The Morgan fingerprint density at radius 2 is 2.20 bits per heavy atom. The number of hydrogen-bond donors (Lipinski definition) is 1. The van der Waals surface area contributed by atoms with Crippen LogP contribution in [0.2, 0.25) is 0 Å². The smallest absolute Gasteiger partial charge is 0.171 e. The first-order chi connectivity index (χ1) is 7.15. The number of carbonyl (C=O) groups excluding carboxylic acids is 1. The van der Waals surface area contributed by atoms with Crippen LogP contribution in [0.3, 0.4) is 0 Å². The number of nitrogens with one attached hydrogen (secondary N) is 1. The fourth-order valence-corrected chi connectivity index (χ4v) is 1.77. The van der Waals surface area contributed by atoms with Gasteiger partial charge in [-0.15, -0.1) is 0 Å². The zero-order valence-electron chi connectivity index (χ0n) is 9.04. The number of benzene rings is 1. The van der Waals surface area contributed by atoms with Crippen LogP contribution in [0, 0.1) is 5.41 Å². The van der Waals surface area contributed by atoms with Crippen LogP contribution in [0.25, 0.3) is 0 Å². The SMILES string of the molecule is COc1cccc(C(=O)C2(C)CNC2)c1. The Kier molecular flexibility index (Phi) is 2.49. The molecule has 1 N–H and O–H groups in total. The molecule has 2 rings (SSSR count). The Labute approximate surface area is 89.4 Å². The van der Waals surface area contributed by atoms with Crippen LogP contribution in [0.5, 0.6) is 5.75 Å². The van der Waals surface area contributed by atoms with Gasteiger partial charge in [-0.2, -0.15) is 0 Å². The molecule has 1 aliphatic rings. The average Bonchev–Trinajstić information content (AvgIpc) is 2.25. The van der Waals surface area contributed by atoms with Gasteiger partial charge in [0.25, 0.3) is 0 Å².